The maximum absolute atomic E-state index is 12.4. The highest BCUT2D eigenvalue weighted by atomic mass is 28.4. The van der Waals surface area contributed by atoms with Crippen LogP contribution in [0.1, 0.15) is 66.4 Å². The number of nitro benzene ring substituents is 1. The summed E-state index contributed by atoms with van der Waals surface area (Å²) in [6.45, 7) is 13.7. The molecule has 1 atom stereocenters. The monoisotopic (exact) mass is 444 g/mol. The summed E-state index contributed by atoms with van der Waals surface area (Å²) >= 11 is 0. The molecule has 0 fully saturated rings. The number of hydrogen-bond donors (Lipinski definition) is 1. The molecule has 0 saturated heterocycles. The molecular formula is C24H36N2O4Si. The van der Waals surface area contributed by atoms with Crippen LogP contribution >= 0.6 is 0 Å². The molecule has 1 aliphatic carbocycles. The van der Waals surface area contributed by atoms with E-state index >= 15 is 0 Å². The molecule has 1 aromatic rings. The van der Waals surface area contributed by atoms with Gasteiger partial charge in [-0.05, 0) is 59.3 Å². The minimum absolute atomic E-state index is 0.0327. The van der Waals surface area contributed by atoms with Crippen molar-refractivity contribution >= 4 is 26.0 Å². The Morgan fingerprint density at radius 3 is 2.23 bits per heavy atom. The van der Waals surface area contributed by atoms with Crippen LogP contribution in [0.3, 0.4) is 0 Å². The van der Waals surface area contributed by atoms with E-state index < -0.39 is 13.2 Å². The molecule has 1 aromatic carbocycles. The normalized spacial score (nSPS) is 17.3. The van der Waals surface area contributed by atoms with Gasteiger partial charge in [-0.25, -0.2) is 0 Å². The molecule has 2 rings (SSSR count). The SMILES string of the molecule is CC(C)[Si](OC1=CC(NC(=O)/C=C/c2ccc([N+](=O)[O-])cc2)CCC1)(C(C)C)C(C)C. The van der Waals surface area contributed by atoms with E-state index in [0.29, 0.717) is 16.6 Å². The lowest BCUT2D eigenvalue weighted by molar-refractivity contribution is -0.384. The lowest BCUT2D eigenvalue weighted by Gasteiger charge is -2.43. The maximum Gasteiger partial charge on any atom is 0.269 e. The van der Waals surface area contributed by atoms with Gasteiger partial charge in [-0.3, -0.25) is 14.9 Å². The zero-order chi connectivity index (χ0) is 23.2. The van der Waals surface area contributed by atoms with Crippen molar-refractivity contribution in [3.63, 3.8) is 0 Å². The van der Waals surface area contributed by atoms with Gasteiger partial charge in [-0.2, -0.15) is 0 Å². The van der Waals surface area contributed by atoms with Crippen molar-refractivity contribution in [2.75, 3.05) is 0 Å². The number of non-ortho nitro benzene ring substituents is 1. The van der Waals surface area contributed by atoms with Crippen molar-refractivity contribution in [2.24, 2.45) is 0 Å². The summed E-state index contributed by atoms with van der Waals surface area (Å²) in [5.74, 6) is 0.847. The molecule has 6 nitrogen and oxygen atoms in total. The third-order valence-electron chi connectivity index (χ3n) is 6.20. The van der Waals surface area contributed by atoms with Crippen LogP contribution in [0.4, 0.5) is 5.69 Å². The number of benzene rings is 1. The molecule has 0 saturated carbocycles. The average Bonchev–Trinajstić information content (AvgIpc) is 2.70. The number of hydrogen-bond acceptors (Lipinski definition) is 4. The summed E-state index contributed by atoms with van der Waals surface area (Å²) in [7, 11) is -2.00. The third kappa shape index (κ3) is 6.29. The Bertz CT molecular complexity index is 807. The van der Waals surface area contributed by atoms with Gasteiger partial charge < -0.3 is 9.74 Å². The zero-order valence-corrected chi connectivity index (χ0v) is 20.6. The molecule has 1 amide bonds. The molecule has 0 spiro atoms. The lowest BCUT2D eigenvalue weighted by atomic mass is 10.0. The van der Waals surface area contributed by atoms with Crippen LogP contribution in [-0.4, -0.2) is 25.2 Å². The van der Waals surface area contributed by atoms with Gasteiger partial charge in [0.25, 0.3) is 14.0 Å². The zero-order valence-electron chi connectivity index (χ0n) is 19.6. The Balaban J connectivity index is 2.06. The predicted molar refractivity (Wildman–Crippen MR) is 128 cm³/mol. The number of carbonyl (C=O) groups is 1. The molecule has 0 radical (unpaired) electrons. The largest absolute Gasteiger partial charge is 0.546 e. The van der Waals surface area contributed by atoms with Crippen molar-refractivity contribution in [3.8, 4) is 0 Å². The topological polar surface area (TPSA) is 81.5 Å². The minimum Gasteiger partial charge on any atom is -0.546 e. The highest BCUT2D eigenvalue weighted by molar-refractivity contribution is 6.77. The van der Waals surface area contributed by atoms with Crippen LogP contribution in [0.2, 0.25) is 16.6 Å². The number of amides is 1. The lowest BCUT2D eigenvalue weighted by Crippen LogP contribution is -2.48. The fraction of sp³-hybridized carbons (Fsp3) is 0.542. The predicted octanol–water partition coefficient (Wildman–Crippen LogP) is 6.35. The number of nitro groups is 1. The molecule has 7 heteroatoms. The fourth-order valence-corrected chi connectivity index (χ4v) is 10.1. The van der Waals surface area contributed by atoms with Gasteiger partial charge in [0.15, 0.2) is 0 Å². The average molecular weight is 445 g/mol. The second-order valence-corrected chi connectivity index (χ2v) is 14.6. The van der Waals surface area contributed by atoms with Crippen LogP contribution in [0.25, 0.3) is 6.08 Å². The van der Waals surface area contributed by atoms with E-state index in [-0.39, 0.29) is 17.6 Å². The van der Waals surface area contributed by atoms with Gasteiger partial charge >= 0.3 is 0 Å². The molecular weight excluding hydrogens is 408 g/mol. The first kappa shape index (κ1) is 24.9. The van der Waals surface area contributed by atoms with E-state index in [1.165, 1.54) is 18.2 Å². The summed E-state index contributed by atoms with van der Waals surface area (Å²) in [6.07, 6.45) is 8.03. The van der Waals surface area contributed by atoms with E-state index in [2.05, 4.69) is 52.9 Å². The number of nitrogens with one attached hydrogen (secondary N) is 1. The molecule has 31 heavy (non-hydrogen) atoms. The second kappa shape index (κ2) is 10.8. The first-order valence-corrected chi connectivity index (χ1v) is 13.3. The highest BCUT2D eigenvalue weighted by Gasteiger charge is 2.47. The molecule has 1 N–H and O–H groups in total. The molecule has 1 unspecified atom stereocenters. The van der Waals surface area contributed by atoms with E-state index in [1.54, 1.807) is 18.2 Å². The van der Waals surface area contributed by atoms with E-state index in [0.717, 1.165) is 30.6 Å². The number of nitrogens with zero attached hydrogens (tertiary/aromatic N) is 1. The molecule has 1 aliphatic rings. The van der Waals surface area contributed by atoms with Gasteiger partial charge in [0.1, 0.15) is 0 Å². The summed E-state index contributed by atoms with van der Waals surface area (Å²) in [4.78, 5) is 22.7. The summed E-state index contributed by atoms with van der Waals surface area (Å²) in [5, 5.41) is 13.8. The van der Waals surface area contributed by atoms with Crippen molar-refractivity contribution in [1.82, 2.24) is 5.32 Å². The smallest absolute Gasteiger partial charge is 0.269 e. The van der Waals surface area contributed by atoms with Crippen molar-refractivity contribution in [3.05, 3.63) is 57.9 Å². The van der Waals surface area contributed by atoms with Crippen LogP contribution in [0.5, 0.6) is 0 Å². The maximum atomic E-state index is 12.4. The number of allylic oxidation sites excluding steroid dienone is 1. The standard InChI is InChI=1S/C24H36N2O4Si/c1-17(2)31(18(3)4,19(5)6)30-23-9-7-8-21(16-23)25-24(27)15-12-20-10-13-22(14-11-20)26(28)29/h10-19,21H,7-9H2,1-6H3,(H,25,27)/b15-12+. The van der Waals surface area contributed by atoms with Gasteiger partial charge in [-0.1, -0.05) is 41.5 Å². The van der Waals surface area contributed by atoms with Crippen LogP contribution in [0.15, 0.2) is 42.2 Å². The molecule has 0 bridgehead atoms. The highest BCUT2D eigenvalue weighted by Crippen LogP contribution is 2.44. The van der Waals surface area contributed by atoms with Crippen molar-refractivity contribution < 1.29 is 14.1 Å². The first-order valence-electron chi connectivity index (χ1n) is 11.2. The van der Waals surface area contributed by atoms with Crippen LogP contribution < -0.4 is 5.32 Å². The minimum atomic E-state index is -2.00. The second-order valence-electron chi connectivity index (χ2n) is 9.24. The Morgan fingerprint density at radius 2 is 1.71 bits per heavy atom. The van der Waals surface area contributed by atoms with Crippen LogP contribution in [0, 0.1) is 10.1 Å². The molecule has 0 aromatic heterocycles. The fourth-order valence-electron chi connectivity index (χ4n) is 4.78. The first-order chi connectivity index (χ1) is 14.6. The van der Waals surface area contributed by atoms with E-state index in [1.807, 2.05) is 0 Å². The van der Waals surface area contributed by atoms with Gasteiger partial charge in [0.2, 0.25) is 5.91 Å². The van der Waals surface area contributed by atoms with Gasteiger partial charge in [0.05, 0.1) is 16.7 Å². The third-order valence-corrected chi connectivity index (χ3v) is 12.2. The number of rotatable bonds is 9. The van der Waals surface area contributed by atoms with E-state index in [9.17, 15) is 14.9 Å². The van der Waals surface area contributed by atoms with Crippen molar-refractivity contribution in [1.29, 1.82) is 0 Å². The van der Waals surface area contributed by atoms with E-state index in [4.69, 9.17) is 4.43 Å². The quantitative estimate of drug-likeness (QED) is 0.208. The van der Waals surface area contributed by atoms with Crippen LogP contribution in [-0.2, 0) is 9.22 Å². The Hall–Kier alpha value is -2.41. The van der Waals surface area contributed by atoms with Gasteiger partial charge in [0, 0.05) is 24.6 Å². The summed E-state index contributed by atoms with van der Waals surface area (Å²) < 4.78 is 6.81. The Morgan fingerprint density at radius 1 is 1.13 bits per heavy atom. The number of carbonyl (C=O) groups excluding carboxylic acids is 1. The Labute approximate surface area is 187 Å². The molecule has 0 aliphatic heterocycles. The van der Waals surface area contributed by atoms with Crippen molar-refractivity contribution in [2.45, 2.75) is 83.5 Å². The summed E-state index contributed by atoms with van der Waals surface area (Å²) in [5.41, 5.74) is 2.30. The molecule has 170 valence electrons. The van der Waals surface area contributed by atoms with Gasteiger partial charge in [-0.15, -0.1) is 0 Å². The molecule has 0 heterocycles. The summed E-state index contributed by atoms with van der Waals surface area (Å²) in [6, 6.07) is 6.07. The Kier molecular flexibility index (Phi) is 8.62.